The highest BCUT2D eigenvalue weighted by Crippen LogP contribution is 2.26. The first-order valence-electron chi connectivity index (χ1n) is 3.50. The van der Waals surface area contributed by atoms with E-state index in [4.69, 9.17) is 4.42 Å². The molecule has 4 nitrogen and oxygen atoms in total. The second-order valence-corrected chi connectivity index (χ2v) is 3.31. The average Bonchev–Trinajstić information content (AvgIpc) is 2.42. The molecular weight excluding hydrogens is 238 g/mol. The molecule has 1 heterocycles. The van der Waals surface area contributed by atoms with Gasteiger partial charge in [0.15, 0.2) is 4.67 Å². The maximum absolute atomic E-state index is 10.4. The Kier molecular flexibility index (Phi) is 1.81. The number of non-ortho nitro benzene ring substituents is 1. The van der Waals surface area contributed by atoms with Gasteiger partial charge in [-0.25, -0.2) is 0 Å². The Morgan fingerprint density at radius 1 is 1.38 bits per heavy atom. The van der Waals surface area contributed by atoms with Crippen LogP contribution in [0.3, 0.4) is 0 Å². The molecule has 0 spiro atoms. The van der Waals surface area contributed by atoms with Crippen molar-refractivity contribution in [1.29, 1.82) is 0 Å². The van der Waals surface area contributed by atoms with E-state index >= 15 is 0 Å². The topological polar surface area (TPSA) is 56.3 Å². The predicted molar refractivity (Wildman–Crippen MR) is 50.6 cm³/mol. The highest BCUT2D eigenvalue weighted by Gasteiger charge is 2.08. The zero-order chi connectivity index (χ0) is 9.42. The monoisotopic (exact) mass is 241 g/mol. The van der Waals surface area contributed by atoms with Crippen molar-refractivity contribution >= 4 is 32.6 Å². The fraction of sp³-hybridized carbons (Fsp3) is 0. The zero-order valence-corrected chi connectivity index (χ0v) is 7.95. The van der Waals surface area contributed by atoms with Gasteiger partial charge >= 0.3 is 0 Å². The van der Waals surface area contributed by atoms with Crippen molar-refractivity contribution < 1.29 is 9.34 Å². The number of hydrogen-bond donors (Lipinski definition) is 0. The van der Waals surface area contributed by atoms with Gasteiger partial charge in [0.05, 0.1) is 4.92 Å². The molecule has 0 aliphatic carbocycles. The molecule has 0 aliphatic rings. The molecule has 13 heavy (non-hydrogen) atoms. The van der Waals surface area contributed by atoms with Gasteiger partial charge in [0.25, 0.3) is 5.69 Å². The summed E-state index contributed by atoms with van der Waals surface area (Å²) in [5.41, 5.74) is 0.707. The van der Waals surface area contributed by atoms with Crippen LogP contribution in [-0.4, -0.2) is 4.92 Å². The highest BCUT2D eigenvalue weighted by molar-refractivity contribution is 9.10. The van der Waals surface area contributed by atoms with Crippen LogP contribution in [0.5, 0.6) is 0 Å². The lowest BCUT2D eigenvalue weighted by Gasteiger charge is -1.89. The summed E-state index contributed by atoms with van der Waals surface area (Å²) in [5, 5.41) is 11.1. The summed E-state index contributed by atoms with van der Waals surface area (Å²) in [6.45, 7) is 0. The van der Waals surface area contributed by atoms with Crippen molar-refractivity contribution in [2.75, 3.05) is 0 Å². The molecule has 0 atom stereocenters. The van der Waals surface area contributed by atoms with Gasteiger partial charge in [0, 0.05) is 17.5 Å². The molecule has 0 fully saturated rings. The lowest BCUT2D eigenvalue weighted by atomic mass is 10.2. The van der Waals surface area contributed by atoms with E-state index in [9.17, 15) is 10.1 Å². The highest BCUT2D eigenvalue weighted by atomic mass is 79.9. The summed E-state index contributed by atoms with van der Waals surface area (Å²) >= 11 is 3.15. The van der Waals surface area contributed by atoms with Crippen LogP contribution >= 0.6 is 15.9 Å². The predicted octanol–water partition coefficient (Wildman–Crippen LogP) is 3.10. The molecule has 0 N–H and O–H groups in total. The lowest BCUT2D eigenvalue weighted by molar-refractivity contribution is -0.384. The van der Waals surface area contributed by atoms with Gasteiger partial charge in [-0.3, -0.25) is 10.1 Å². The molecule has 0 radical (unpaired) electrons. The van der Waals surface area contributed by atoms with Crippen LogP contribution in [0.4, 0.5) is 5.69 Å². The molecule has 0 unspecified atom stereocenters. The Labute approximate surface area is 81.4 Å². The van der Waals surface area contributed by atoms with E-state index < -0.39 is 4.92 Å². The van der Waals surface area contributed by atoms with E-state index in [-0.39, 0.29) is 5.69 Å². The SMILES string of the molecule is O=[N+]([O-])c1ccc2oc(Br)cc2c1. The summed E-state index contributed by atoms with van der Waals surface area (Å²) in [6, 6.07) is 6.17. The lowest BCUT2D eigenvalue weighted by Crippen LogP contribution is -1.85. The smallest absolute Gasteiger partial charge is 0.270 e. The number of nitrogens with zero attached hydrogens (tertiary/aromatic N) is 1. The third kappa shape index (κ3) is 1.42. The maximum atomic E-state index is 10.4. The number of hydrogen-bond acceptors (Lipinski definition) is 3. The largest absolute Gasteiger partial charge is 0.449 e. The Hall–Kier alpha value is -1.36. The number of rotatable bonds is 1. The third-order valence-electron chi connectivity index (χ3n) is 1.68. The van der Waals surface area contributed by atoms with Gasteiger partial charge in [-0.05, 0) is 28.1 Å². The Morgan fingerprint density at radius 3 is 2.85 bits per heavy atom. The average molecular weight is 242 g/mol. The van der Waals surface area contributed by atoms with Crippen LogP contribution < -0.4 is 0 Å². The minimum Gasteiger partial charge on any atom is -0.449 e. The molecule has 0 saturated carbocycles. The molecule has 0 saturated heterocycles. The normalized spacial score (nSPS) is 10.5. The third-order valence-corrected chi connectivity index (χ3v) is 2.07. The summed E-state index contributed by atoms with van der Waals surface area (Å²) in [6.07, 6.45) is 0. The van der Waals surface area contributed by atoms with Crippen LogP contribution in [0.2, 0.25) is 0 Å². The summed E-state index contributed by atoms with van der Waals surface area (Å²) < 4.78 is 5.77. The molecule has 1 aromatic heterocycles. The molecule has 66 valence electrons. The molecule has 2 aromatic rings. The number of nitro benzene ring substituents is 1. The Morgan fingerprint density at radius 2 is 2.15 bits per heavy atom. The molecular formula is C8H4BrNO3. The molecule has 2 rings (SSSR count). The van der Waals surface area contributed by atoms with Gasteiger partial charge < -0.3 is 4.42 Å². The summed E-state index contributed by atoms with van der Waals surface area (Å²) in [4.78, 5) is 9.98. The van der Waals surface area contributed by atoms with Gasteiger partial charge in [0.2, 0.25) is 0 Å². The number of fused-ring (bicyclic) bond motifs is 1. The van der Waals surface area contributed by atoms with Crippen molar-refractivity contribution in [3.63, 3.8) is 0 Å². The standard InChI is InChI=1S/C8H4BrNO3/c9-8-4-5-3-6(10(11)12)1-2-7(5)13-8/h1-4H. The van der Waals surface area contributed by atoms with Crippen molar-refractivity contribution in [3.8, 4) is 0 Å². The van der Waals surface area contributed by atoms with E-state index in [0.717, 1.165) is 5.39 Å². The van der Waals surface area contributed by atoms with Gasteiger partial charge in [-0.1, -0.05) is 0 Å². The first kappa shape index (κ1) is 8.25. The summed E-state index contributed by atoms with van der Waals surface area (Å²) in [7, 11) is 0. The maximum Gasteiger partial charge on any atom is 0.270 e. The van der Waals surface area contributed by atoms with E-state index in [1.165, 1.54) is 12.1 Å². The second kappa shape index (κ2) is 2.85. The van der Waals surface area contributed by atoms with E-state index in [2.05, 4.69) is 15.9 Å². The molecule has 1 aromatic carbocycles. The fourth-order valence-electron chi connectivity index (χ4n) is 1.11. The number of halogens is 1. The van der Waals surface area contributed by atoms with E-state index in [1.54, 1.807) is 12.1 Å². The summed E-state index contributed by atoms with van der Waals surface area (Å²) in [5.74, 6) is 0. The van der Waals surface area contributed by atoms with Gasteiger partial charge in [-0.2, -0.15) is 0 Å². The van der Waals surface area contributed by atoms with Crippen molar-refractivity contribution in [3.05, 3.63) is 39.0 Å². The van der Waals surface area contributed by atoms with Crippen molar-refractivity contribution in [2.45, 2.75) is 0 Å². The zero-order valence-electron chi connectivity index (χ0n) is 6.36. The quantitative estimate of drug-likeness (QED) is 0.570. The first-order chi connectivity index (χ1) is 6.16. The minimum absolute atomic E-state index is 0.0702. The Balaban J connectivity index is 2.67. The van der Waals surface area contributed by atoms with Crippen LogP contribution in [0.15, 0.2) is 33.4 Å². The molecule has 0 amide bonds. The van der Waals surface area contributed by atoms with Crippen LogP contribution in [0.25, 0.3) is 11.0 Å². The van der Waals surface area contributed by atoms with Crippen molar-refractivity contribution in [2.24, 2.45) is 0 Å². The minimum atomic E-state index is -0.430. The molecule has 0 aliphatic heterocycles. The van der Waals surface area contributed by atoms with Gasteiger partial charge in [-0.15, -0.1) is 0 Å². The first-order valence-corrected chi connectivity index (χ1v) is 4.29. The van der Waals surface area contributed by atoms with Gasteiger partial charge in [0.1, 0.15) is 5.58 Å². The van der Waals surface area contributed by atoms with Crippen LogP contribution in [0.1, 0.15) is 0 Å². The van der Waals surface area contributed by atoms with E-state index in [1.807, 2.05) is 0 Å². The molecule has 5 heteroatoms. The molecule has 0 bridgehead atoms. The Bertz CT molecular complexity index is 477. The van der Waals surface area contributed by atoms with Crippen LogP contribution in [0, 0.1) is 10.1 Å². The second-order valence-electron chi connectivity index (χ2n) is 2.53. The number of benzene rings is 1. The number of furan rings is 1. The number of nitro groups is 1. The van der Waals surface area contributed by atoms with Crippen LogP contribution in [-0.2, 0) is 0 Å². The fourth-order valence-corrected chi connectivity index (χ4v) is 1.53. The van der Waals surface area contributed by atoms with E-state index in [0.29, 0.717) is 10.3 Å². The van der Waals surface area contributed by atoms with Crippen molar-refractivity contribution in [1.82, 2.24) is 0 Å².